The monoisotopic (exact) mass is 419 g/mol. The Bertz CT molecular complexity index is 946. The molecule has 0 aliphatic heterocycles. The molecule has 2 aromatic carbocycles. The molecule has 2 fully saturated rings. The van der Waals surface area contributed by atoms with Crippen LogP contribution in [0.5, 0.6) is 0 Å². The van der Waals surface area contributed by atoms with Crippen LogP contribution in [0.4, 0.5) is 8.78 Å². The molecule has 0 radical (unpaired) electrons. The maximum atomic E-state index is 15.0. The van der Waals surface area contributed by atoms with E-state index in [-0.39, 0.29) is 11.5 Å². The second-order valence-electron chi connectivity index (χ2n) is 9.40. The van der Waals surface area contributed by atoms with Gasteiger partial charge in [0.25, 0.3) is 0 Å². The smallest absolute Gasteiger partial charge is 0.134 e. The molecule has 1 nitrogen and oxygen atoms in total. The molecule has 162 valence electrons. The molecule has 0 spiro atoms. The molecular weight excluding hydrogens is 388 g/mol. The summed E-state index contributed by atoms with van der Waals surface area (Å²) in [5.74, 6) is 1.56. The SMILES string of the molecule is C/C=C/CCC1CCC2CC(c3cc(F)c(-c4ccc(C#N)cc4)c(F)c3)CCC2C1. The molecule has 31 heavy (non-hydrogen) atoms. The summed E-state index contributed by atoms with van der Waals surface area (Å²) in [5, 5.41) is 8.93. The van der Waals surface area contributed by atoms with Crippen LogP contribution in [0, 0.1) is 40.7 Å². The first-order valence-electron chi connectivity index (χ1n) is 11.7. The van der Waals surface area contributed by atoms with Crippen LogP contribution in [-0.4, -0.2) is 0 Å². The summed E-state index contributed by atoms with van der Waals surface area (Å²) >= 11 is 0. The molecule has 2 aliphatic rings. The number of benzene rings is 2. The summed E-state index contributed by atoms with van der Waals surface area (Å²) in [7, 11) is 0. The maximum Gasteiger partial charge on any atom is 0.134 e. The summed E-state index contributed by atoms with van der Waals surface area (Å²) < 4.78 is 29.9. The Labute approximate surface area is 184 Å². The topological polar surface area (TPSA) is 23.8 Å². The van der Waals surface area contributed by atoms with Crippen LogP contribution in [0.2, 0.25) is 0 Å². The zero-order valence-corrected chi connectivity index (χ0v) is 18.3. The Kier molecular flexibility index (Phi) is 6.86. The van der Waals surface area contributed by atoms with Crippen LogP contribution in [0.15, 0.2) is 48.6 Å². The zero-order valence-electron chi connectivity index (χ0n) is 18.3. The van der Waals surface area contributed by atoms with Crippen LogP contribution in [0.1, 0.15) is 75.3 Å². The lowest BCUT2D eigenvalue weighted by atomic mass is 9.63. The highest BCUT2D eigenvalue weighted by Crippen LogP contribution is 2.48. The van der Waals surface area contributed by atoms with Crippen molar-refractivity contribution in [3.63, 3.8) is 0 Å². The predicted molar refractivity (Wildman–Crippen MR) is 121 cm³/mol. The highest BCUT2D eigenvalue weighted by Gasteiger charge is 2.36. The molecule has 0 aromatic heterocycles. The third-order valence-electron chi connectivity index (χ3n) is 7.54. The van der Waals surface area contributed by atoms with Gasteiger partial charge in [0.15, 0.2) is 0 Å². The molecule has 0 amide bonds. The van der Waals surface area contributed by atoms with Gasteiger partial charge in [0.1, 0.15) is 11.6 Å². The van der Waals surface area contributed by atoms with E-state index in [4.69, 9.17) is 5.26 Å². The Hall–Kier alpha value is -2.47. The fourth-order valence-corrected chi connectivity index (χ4v) is 5.87. The minimum atomic E-state index is -0.505. The second-order valence-corrected chi connectivity index (χ2v) is 9.40. The van der Waals surface area contributed by atoms with E-state index in [2.05, 4.69) is 19.1 Å². The molecule has 4 unspecified atom stereocenters. The summed E-state index contributed by atoms with van der Waals surface area (Å²) in [5.41, 5.74) is 1.76. The molecule has 0 saturated heterocycles. The Morgan fingerprint density at radius 2 is 1.65 bits per heavy atom. The lowest BCUT2D eigenvalue weighted by molar-refractivity contribution is 0.115. The highest BCUT2D eigenvalue weighted by molar-refractivity contribution is 5.66. The van der Waals surface area contributed by atoms with Gasteiger partial charge in [-0.15, -0.1) is 0 Å². The first-order valence-corrected chi connectivity index (χ1v) is 11.7. The molecule has 3 heteroatoms. The first-order chi connectivity index (χ1) is 15.1. The number of halogens is 2. The molecule has 0 N–H and O–H groups in total. The standard InChI is InChI=1S/C28H31F2N/c1-2-3-4-5-19-6-11-23-15-24(13-12-22(23)14-19)25-16-26(29)28(27(30)17-25)21-9-7-20(18-31)8-10-21/h2-3,7-10,16-17,19,22-24H,4-6,11-15H2,1H3/b3-2+. The predicted octanol–water partition coefficient (Wildman–Crippen LogP) is 8.16. The van der Waals surface area contributed by atoms with Crippen LogP contribution in [0.25, 0.3) is 11.1 Å². The van der Waals surface area contributed by atoms with Crippen molar-refractivity contribution in [3.8, 4) is 17.2 Å². The lowest BCUT2D eigenvalue weighted by Crippen LogP contribution is -2.30. The van der Waals surface area contributed by atoms with Crippen molar-refractivity contribution in [2.24, 2.45) is 17.8 Å². The lowest BCUT2D eigenvalue weighted by Gasteiger charge is -2.42. The maximum absolute atomic E-state index is 15.0. The van der Waals surface area contributed by atoms with Gasteiger partial charge in [0, 0.05) is 0 Å². The number of rotatable bonds is 5. The Morgan fingerprint density at radius 1 is 0.968 bits per heavy atom. The zero-order chi connectivity index (χ0) is 21.8. The van der Waals surface area contributed by atoms with Crippen molar-refractivity contribution < 1.29 is 8.78 Å². The molecule has 4 atom stereocenters. The Morgan fingerprint density at radius 3 is 2.32 bits per heavy atom. The summed E-state index contributed by atoms with van der Waals surface area (Å²) in [6.07, 6.45) is 14.0. The normalized spacial score (nSPS) is 25.9. The van der Waals surface area contributed by atoms with Crippen LogP contribution < -0.4 is 0 Å². The molecule has 0 heterocycles. The molecule has 2 aliphatic carbocycles. The van der Waals surface area contributed by atoms with Crippen molar-refractivity contribution in [2.45, 2.75) is 64.2 Å². The number of nitriles is 1. The van der Waals surface area contributed by atoms with Crippen LogP contribution in [0.3, 0.4) is 0 Å². The van der Waals surface area contributed by atoms with E-state index < -0.39 is 11.6 Å². The number of hydrogen-bond donors (Lipinski definition) is 0. The van der Waals surface area contributed by atoms with Crippen molar-refractivity contribution in [1.29, 1.82) is 5.26 Å². The van der Waals surface area contributed by atoms with Gasteiger partial charge < -0.3 is 0 Å². The number of nitrogens with zero attached hydrogens (tertiary/aromatic N) is 1. The minimum Gasteiger partial charge on any atom is -0.206 e. The fraction of sp³-hybridized carbons (Fsp3) is 0.464. The summed E-state index contributed by atoms with van der Waals surface area (Å²) in [6, 6.07) is 11.5. The van der Waals surface area contributed by atoms with E-state index in [1.807, 2.05) is 6.07 Å². The summed E-state index contributed by atoms with van der Waals surface area (Å²) in [4.78, 5) is 0. The average Bonchev–Trinajstić information content (AvgIpc) is 2.79. The van der Waals surface area contributed by atoms with Gasteiger partial charge in [0.2, 0.25) is 0 Å². The molecule has 0 bridgehead atoms. The second kappa shape index (κ2) is 9.77. The minimum absolute atomic E-state index is 0.00330. The molecule has 4 rings (SSSR count). The van der Waals surface area contributed by atoms with E-state index >= 15 is 0 Å². The molecular formula is C28H31F2N. The van der Waals surface area contributed by atoms with Crippen molar-refractivity contribution in [1.82, 2.24) is 0 Å². The third kappa shape index (κ3) is 4.90. The number of fused-ring (bicyclic) bond motifs is 1. The van der Waals surface area contributed by atoms with Crippen LogP contribution >= 0.6 is 0 Å². The van der Waals surface area contributed by atoms with E-state index in [0.29, 0.717) is 17.0 Å². The van der Waals surface area contributed by atoms with Crippen molar-refractivity contribution in [2.75, 3.05) is 0 Å². The number of hydrogen-bond acceptors (Lipinski definition) is 1. The number of allylic oxidation sites excluding steroid dienone is 2. The van der Waals surface area contributed by atoms with Gasteiger partial charge in [-0.1, -0.05) is 30.7 Å². The van der Waals surface area contributed by atoms with E-state index in [0.717, 1.165) is 30.2 Å². The Balaban J connectivity index is 1.45. The van der Waals surface area contributed by atoms with E-state index in [1.54, 1.807) is 36.4 Å². The van der Waals surface area contributed by atoms with Gasteiger partial charge in [-0.2, -0.15) is 5.26 Å². The van der Waals surface area contributed by atoms with Crippen LogP contribution in [-0.2, 0) is 0 Å². The third-order valence-corrected chi connectivity index (χ3v) is 7.54. The fourth-order valence-electron chi connectivity index (χ4n) is 5.87. The quantitative estimate of drug-likeness (QED) is 0.448. The highest BCUT2D eigenvalue weighted by atomic mass is 19.1. The first kappa shape index (κ1) is 21.8. The largest absolute Gasteiger partial charge is 0.206 e. The van der Waals surface area contributed by atoms with Gasteiger partial charge in [-0.05, 0) is 111 Å². The van der Waals surface area contributed by atoms with Gasteiger partial charge >= 0.3 is 0 Å². The van der Waals surface area contributed by atoms with Gasteiger partial charge in [-0.3, -0.25) is 0 Å². The van der Waals surface area contributed by atoms with Crippen molar-refractivity contribution in [3.05, 3.63) is 71.3 Å². The molecule has 2 aromatic rings. The van der Waals surface area contributed by atoms with Gasteiger partial charge in [-0.25, -0.2) is 8.78 Å². The molecule has 2 saturated carbocycles. The van der Waals surface area contributed by atoms with E-state index in [9.17, 15) is 8.78 Å². The van der Waals surface area contributed by atoms with Crippen molar-refractivity contribution >= 4 is 0 Å². The van der Waals surface area contributed by atoms with Gasteiger partial charge in [0.05, 0.1) is 17.2 Å². The van der Waals surface area contributed by atoms with E-state index in [1.165, 1.54) is 38.5 Å². The summed E-state index contributed by atoms with van der Waals surface area (Å²) in [6.45, 7) is 2.08. The average molecular weight is 420 g/mol.